The number of aromatic nitrogens is 2. The third-order valence-electron chi connectivity index (χ3n) is 4.22. The number of carbonyl (C=O) groups is 4. The summed E-state index contributed by atoms with van der Waals surface area (Å²) in [6, 6.07) is 5.13. The average Bonchev–Trinajstić information content (AvgIpc) is 3.46. The summed E-state index contributed by atoms with van der Waals surface area (Å²) in [6.45, 7) is 14.3. The third kappa shape index (κ3) is 14.4. The van der Waals surface area contributed by atoms with Crippen LogP contribution in [-0.2, 0) is 23.8 Å². The van der Waals surface area contributed by atoms with E-state index in [1.807, 2.05) is 6.92 Å². The highest BCUT2D eigenvalue weighted by molar-refractivity contribution is 5.93. The highest BCUT2D eigenvalue weighted by atomic mass is 16.6. The van der Waals surface area contributed by atoms with Gasteiger partial charge in [-0.2, -0.15) is 5.01 Å². The SMILES string of the molecule is C1CCOC1.Cc1nc2ccc(N(NC(=O)OC(C)(C)C)C(=O)OC(C)(C)C)cc2[nH]1.O=C(O)/C=C\C(=O)O. The van der Waals surface area contributed by atoms with Crippen LogP contribution in [0.3, 0.4) is 0 Å². The summed E-state index contributed by atoms with van der Waals surface area (Å²) in [5, 5.41) is 16.6. The van der Waals surface area contributed by atoms with E-state index in [9.17, 15) is 19.2 Å². The smallest absolute Gasteiger partial charge is 0.434 e. The molecule has 1 fully saturated rings. The number of hydrazine groups is 1. The molecule has 13 nitrogen and oxygen atoms in total. The summed E-state index contributed by atoms with van der Waals surface area (Å²) in [4.78, 5) is 51.3. The number of anilines is 1. The molecule has 4 N–H and O–H groups in total. The third-order valence-corrected chi connectivity index (χ3v) is 4.22. The van der Waals surface area contributed by atoms with Gasteiger partial charge in [-0.05, 0) is 79.5 Å². The number of H-pyrrole nitrogens is 1. The maximum absolute atomic E-state index is 12.6. The zero-order chi connectivity index (χ0) is 29.8. The Morgan fingerprint density at radius 3 is 1.95 bits per heavy atom. The van der Waals surface area contributed by atoms with Crippen molar-refractivity contribution in [3.63, 3.8) is 0 Å². The van der Waals surface area contributed by atoms with Crippen molar-refractivity contribution in [3.05, 3.63) is 36.2 Å². The number of carboxylic acids is 2. The van der Waals surface area contributed by atoms with E-state index in [0.717, 1.165) is 35.1 Å². The van der Waals surface area contributed by atoms with Gasteiger partial charge in [0.15, 0.2) is 0 Å². The van der Waals surface area contributed by atoms with Crippen molar-refractivity contribution in [2.45, 2.75) is 72.5 Å². The van der Waals surface area contributed by atoms with E-state index in [1.54, 1.807) is 59.7 Å². The van der Waals surface area contributed by atoms with Crippen molar-refractivity contribution in [2.75, 3.05) is 18.2 Å². The van der Waals surface area contributed by atoms with Gasteiger partial charge in [0.2, 0.25) is 0 Å². The lowest BCUT2D eigenvalue weighted by atomic mass is 10.2. The summed E-state index contributed by atoms with van der Waals surface area (Å²) in [6.07, 6.45) is 2.19. The number of aryl methyl sites for hydroxylation is 1. The highest BCUT2D eigenvalue weighted by Crippen LogP contribution is 2.22. The number of fused-ring (bicyclic) bond motifs is 1. The maximum Gasteiger partial charge on any atom is 0.434 e. The van der Waals surface area contributed by atoms with E-state index in [-0.39, 0.29) is 0 Å². The van der Waals surface area contributed by atoms with Crippen LogP contribution < -0.4 is 10.4 Å². The molecule has 1 saturated heterocycles. The molecule has 1 aliphatic heterocycles. The van der Waals surface area contributed by atoms with Gasteiger partial charge in [0.25, 0.3) is 0 Å². The van der Waals surface area contributed by atoms with Gasteiger partial charge in [-0.3, -0.25) is 0 Å². The number of aromatic amines is 1. The number of nitrogens with one attached hydrogen (secondary N) is 2. The van der Waals surface area contributed by atoms with E-state index in [1.165, 1.54) is 12.8 Å². The molecule has 0 atom stereocenters. The molecule has 0 saturated carbocycles. The second kappa shape index (κ2) is 14.7. The van der Waals surface area contributed by atoms with Crippen LogP contribution in [0, 0.1) is 6.92 Å². The Bertz CT molecular complexity index is 1130. The number of rotatable bonds is 3. The number of nitrogens with zero attached hydrogens (tertiary/aromatic N) is 2. The molecule has 1 aliphatic rings. The molecule has 216 valence electrons. The van der Waals surface area contributed by atoms with Crippen LogP contribution in [-0.4, -0.2) is 68.7 Å². The zero-order valence-electron chi connectivity index (χ0n) is 23.4. The molecular formula is C26H38N4O9. The predicted molar refractivity (Wildman–Crippen MR) is 143 cm³/mol. The van der Waals surface area contributed by atoms with Crippen LogP contribution in [0.15, 0.2) is 30.4 Å². The number of amides is 2. The molecule has 2 aromatic rings. The normalized spacial score (nSPS) is 13.0. The second-order valence-corrected chi connectivity index (χ2v) is 10.3. The quantitative estimate of drug-likeness (QED) is 0.312. The van der Waals surface area contributed by atoms with E-state index in [2.05, 4.69) is 15.4 Å². The molecular weight excluding hydrogens is 512 g/mol. The van der Waals surface area contributed by atoms with Crippen LogP contribution in [0.4, 0.5) is 15.3 Å². The van der Waals surface area contributed by atoms with Crippen molar-refractivity contribution in [2.24, 2.45) is 0 Å². The largest absolute Gasteiger partial charge is 0.478 e. The Balaban J connectivity index is 0.000000478. The van der Waals surface area contributed by atoms with Crippen LogP contribution >= 0.6 is 0 Å². The molecule has 1 aromatic carbocycles. The highest BCUT2D eigenvalue weighted by Gasteiger charge is 2.27. The fraction of sp³-hybridized carbons (Fsp3) is 0.500. The predicted octanol–water partition coefficient (Wildman–Crippen LogP) is 4.56. The monoisotopic (exact) mass is 550 g/mol. The molecule has 3 rings (SSSR count). The van der Waals surface area contributed by atoms with Gasteiger partial charge in [0.05, 0.1) is 16.7 Å². The Kier molecular flexibility index (Phi) is 12.4. The van der Waals surface area contributed by atoms with E-state index in [4.69, 9.17) is 24.4 Å². The molecule has 0 bridgehead atoms. The first-order valence-electron chi connectivity index (χ1n) is 12.2. The van der Waals surface area contributed by atoms with Crippen LogP contribution in [0.25, 0.3) is 11.0 Å². The van der Waals surface area contributed by atoms with E-state index < -0.39 is 35.3 Å². The number of hydrogen-bond donors (Lipinski definition) is 4. The van der Waals surface area contributed by atoms with Gasteiger partial charge in [0, 0.05) is 25.4 Å². The molecule has 0 aliphatic carbocycles. The first-order valence-corrected chi connectivity index (χ1v) is 12.2. The molecule has 1 aromatic heterocycles. The van der Waals surface area contributed by atoms with Crippen molar-refractivity contribution in [1.82, 2.24) is 15.4 Å². The Hall–Kier alpha value is -4.13. The van der Waals surface area contributed by atoms with Crippen LogP contribution in [0.5, 0.6) is 0 Å². The minimum atomic E-state index is -1.26. The number of hydrogen-bond acceptors (Lipinski definition) is 8. The minimum Gasteiger partial charge on any atom is -0.478 e. The first kappa shape index (κ1) is 32.9. The Labute approximate surface area is 227 Å². The van der Waals surface area contributed by atoms with Crippen molar-refractivity contribution in [1.29, 1.82) is 0 Å². The Morgan fingerprint density at radius 2 is 1.51 bits per heavy atom. The first-order chi connectivity index (χ1) is 18.0. The van der Waals surface area contributed by atoms with E-state index >= 15 is 0 Å². The van der Waals surface area contributed by atoms with Crippen LogP contribution in [0.1, 0.15) is 60.2 Å². The minimum absolute atomic E-state index is 0.418. The summed E-state index contributed by atoms with van der Waals surface area (Å²) in [7, 11) is 0. The van der Waals surface area contributed by atoms with Crippen LogP contribution in [0.2, 0.25) is 0 Å². The molecule has 39 heavy (non-hydrogen) atoms. The lowest BCUT2D eigenvalue weighted by molar-refractivity contribution is -0.134. The van der Waals surface area contributed by atoms with Gasteiger partial charge >= 0.3 is 24.1 Å². The van der Waals surface area contributed by atoms with Crippen molar-refractivity contribution >= 4 is 40.8 Å². The zero-order valence-corrected chi connectivity index (χ0v) is 23.4. The summed E-state index contributed by atoms with van der Waals surface area (Å²) in [5.74, 6) is -1.76. The second-order valence-electron chi connectivity index (χ2n) is 10.3. The maximum atomic E-state index is 12.6. The number of imidazole rings is 1. The fourth-order valence-corrected chi connectivity index (χ4v) is 2.83. The number of carbonyl (C=O) groups excluding carboxylic acids is 2. The molecule has 0 spiro atoms. The summed E-state index contributed by atoms with van der Waals surface area (Å²) < 4.78 is 15.6. The molecule has 2 amide bonds. The Morgan fingerprint density at radius 1 is 0.974 bits per heavy atom. The van der Waals surface area contributed by atoms with Gasteiger partial charge in [-0.1, -0.05) is 0 Å². The van der Waals surface area contributed by atoms with Gasteiger partial charge < -0.3 is 29.4 Å². The lowest BCUT2D eigenvalue weighted by Gasteiger charge is -2.28. The van der Waals surface area contributed by atoms with Crippen molar-refractivity contribution < 1.29 is 43.6 Å². The summed E-state index contributed by atoms with van der Waals surface area (Å²) >= 11 is 0. The topological polar surface area (TPSA) is 180 Å². The van der Waals surface area contributed by atoms with Gasteiger partial charge in [0.1, 0.15) is 17.0 Å². The van der Waals surface area contributed by atoms with E-state index in [0.29, 0.717) is 17.8 Å². The molecule has 2 heterocycles. The fourth-order valence-electron chi connectivity index (χ4n) is 2.83. The molecule has 0 unspecified atom stereocenters. The van der Waals surface area contributed by atoms with Gasteiger partial charge in [-0.25, -0.2) is 29.6 Å². The number of carboxylic acid groups (broad SMARTS) is 2. The summed E-state index contributed by atoms with van der Waals surface area (Å²) in [5.41, 5.74) is 2.93. The number of benzene rings is 1. The van der Waals surface area contributed by atoms with Crippen molar-refractivity contribution in [3.8, 4) is 0 Å². The molecule has 0 radical (unpaired) electrons. The lowest BCUT2D eigenvalue weighted by Crippen LogP contribution is -2.50. The standard InChI is InChI=1S/C18H26N4O4.C4H4O4.C4H8O/c1-11-19-13-9-8-12(10-14(13)20-11)22(16(24)26-18(5,6)7)21-15(23)25-17(2,3)4;5-3(6)1-2-4(7)8;1-2-4-5-3-1/h8-10H,1-7H3,(H,19,20)(H,21,23);1-2H,(H,5,6)(H,7,8);1-4H2/b;2-1-;. The van der Waals surface area contributed by atoms with Gasteiger partial charge in [-0.15, -0.1) is 0 Å². The number of ether oxygens (including phenoxy) is 3. The molecule has 13 heteroatoms. The number of aliphatic carboxylic acids is 2. The average molecular weight is 551 g/mol.